The molecule has 0 unspecified atom stereocenters. The van der Waals surface area contributed by atoms with Crippen LogP contribution in [0, 0.1) is 11.7 Å². The molecule has 0 saturated heterocycles. The van der Waals surface area contributed by atoms with Crippen molar-refractivity contribution in [3.8, 4) is 11.5 Å². The minimum atomic E-state index is -0.250. The van der Waals surface area contributed by atoms with E-state index in [9.17, 15) is 4.39 Å². The molecule has 0 atom stereocenters. The van der Waals surface area contributed by atoms with E-state index in [1.54, 1.807) is 12.1 Å². The molecule has 0 aliphatic heterocycles. The molecule has 136 valence electrons. The summed E-state index contributed by atoms with van der Waals surface area (Å²) < 4.78 is 25.6. The summed E-state index contributed by atoms with van der Waals surface area (Å²) in [5.74, 6) is 1.74. The second-order valence-corrected chi connectivity index (χ2v) is 7.12. The van der Waals surface area contributed by atoms with Gasteiger partial charge in [-0.25, -0.2) is 4.39 Å². The van der Waals surface area contributed by atoms with E-state index in [4.69, 9.17) is 9.47 Å². The molecule has 2 aromatic carbocycles. The van der Waals surface area contributed by atoms with Gasteiger partial charge >= 0.3 is 0 Å². The Morgan fingerprint density at radius 3 is 2.40 bits per heavy atom. The Morgan fingerprint density at radius 2 is 1.76 bits per heavy atom. The number of hydrogen-bond donors (Lipinski definition) is 1. The highest BCUT2D eigenvalue weighted by Gasteiger charge is 2.11. The van der Waals surface area contributed by atoms with Crippen LogP contribution in [-0.2, 0) is 13.2 Å². The van der Waals surface area contributed by atoms with Crippen LogP contribution >= 0.6 is 15.9 Å². The third kappa shape index (κ3) is 6.33. The molecule has 3 nitrogen and oxygen atoms in total. The molecule has 2 aromatic rings. The minimum absolute atomic E-state index is 0.250. The van der Waals surface area contributed by atoms with Crippen LogP contribution in [0.1, 0.15) is 31.9 Å². The molecule has 0 saturated carbocycles. The van der Waals surface area contributed by atoms with Gasteiger partial charge in [-0.1, -0.05) is 41.9 Å². The number of halogens is 2. The van der Waals surface area contributed by atoms with Gasteiger partial charge in [0.2, 0.25) is 0 Å². The summed E-state index contributed by atoms with van der Waals surface area (Å²) in [5.41, 5.74) is 2.03. The molecule has 0 aliphatic rings. The molecular weight excluding hydrogens is 385 g/mol. The van der Waals surface area contributed by atoms with Crippen LogP contribution in [0.5, 0.6) is 11.5 Å². The maximum Gasteiger partial charge on any atom is 0.162 e. The first-order valence-electron chi connectivity index (χ1n) is 8.52. The lowest BCUT2D eigenvalue weighted by Crippen LogP contribution is -2.19. The van der Waals surface area contributed by atoms with Gasteiger partial charge in [-0.15, -0.1) is 0 Å². The largest absolute Gasteiger partial charge is 0.490 e. The van der Waals surface area contributed by atoms with Gasteiger partial charge in [0.1, 0.15) is 12.4 Å². The maximum atomic E-state index is 13.0. The second kappa shape index (κ2) is 9.78. The van der Waals surface area contributed by atoms with Gasteiger partial charge in [0.15, 0.2) is 11.5 Å². The molecule has 0 amide bonds. The maximum absolute atomic E-state index is 13.0. The lowest BCUT2D eigenvalue weighted by molar-refractivity contribution is 0.268. The van der Waals surface area contributed by atoms with Crippen LogP contribution in [0.2, 0.25) is 0 Å². The van der Waals surface area contributed by atoms with E-state index in [1.807, 2.05) is 19.1 Å². The van der Waals surface area contributed by atoms with E-state index in [1.165, 1.54) is 12.1 Å². The van der Waals surface area contributed by atoms with Gasteiger partial charge in [-0.2, -0.15) is 0 Å². The molecule has 0 radical (unpaired) electrons. The van der Waals surface area contributed by atoms with Crippen molar-refractivity contribution in [2.45, 2.75) is 33.9 Å². The van der Waals surface area contributed by atoms with Gasteiger partial charge < -0.3 is 14.8 Å². The Morgan fingerprint density at radius 1 is 1.08 bits per heavy atom. The summed E-state index contributed by atoms with van der Waals surface area (Å²) >= 11 is 3.61. The Labute approximate surface area is 157 Å². The van der Waals surface area contributed by atoms with Crippen molar-refractivity contribution < 1.29 is 13.9 Å². The molecule has 1 N–H and O–H groups in total. The van der Waals surface area contributed by atoms with Crippen LogP contribution in [0.3, 0.4) is 0 Å². The first-order valence-corrected chi connectivity index (χ1v) is 9.32. The van der Waals surface area contributed by atoms with Gasteiger partial charge in [0, 0.05) is 11.0 Å². The van der Waals surface area contributed by atoms with Gasteiger partial charge in [-0.05, 0) is 54.8 Å². The molecule has 0 heterocycles. The summed E-state index contributed by atoms with van der Waals surface area (Å²) in [6.45, 7) is 8.95. The van der Waals surface area contributed by atoms with Crippen molar-refractivity contribution in [1.82, 2.24) is 5.32 Å². The third-order valence-corrected chi connectivity index (χ3v) is 4.33. The van der Waals surface area contributed by atoms with Crippen LogP contribution in [0.4, 0.5) is 4.39 Å². The summed E-state index contributed by atoms with van der Waals surface area (Å²) in [4.78, 5) is 0. The van der Waals surface area contributed by atoms with Crippen molar-refractivity contribution in [3.05, 3.63) is 57.8 Å². The lowest BCUT2D eigenvalue weighted by atomic mass is 10.1. The molecule has 0 spiro atoms. The fraction of sp³-hybridized carbons (Fsp3) is 0.400. The van der Waals surface area contributed by atoms with Crippen LogP contribution in [-0.4, -0.2) is 13.2 Å². The van der Waals surface area contributed by atoms with Gasteiger partial charge in [-0.3, -0.25) is 0 Å². The number of benzene rings is 2. The van der Waals surface area contributed by atoms with E-state index < -0.39 is 0 Å². The van der Waals surface area contributed by atoms with Crippen molar-refractivity contribution in [2.75, 3.05) is 13.2 Å². The number of nitrogens with one attached hydrogen (secondary N) is 1. The van der Waals surface area contributed by atoms with E-state index in [0.29, 0.717) is 30.6 Å². The van der Waals surface area contributed by atoms with Crippen LogP contribution in [0.25, 0.3) is 0 Å². The standard InChI is InChI=1S/C20H25BrFNO2/c1-4-24-19-9-16(12-23-11-14(2)3)18(21)10-20(19)25-13-15-5-7-17(22)8-6-15/h5-10,14,23H,4,11-13H2,1-3H3. The predicted octanol–water partition coefficient (Wildman–Crippen LogP) is 5.31. The average Bonchev–Trinajstić information content (AvgIpc) is 2.57. The molecule has 5 heteroatoms. The summed E-state index contributed by atoms with van der Waals surface area (Å²) in [6.07, 6.45) is 0. The molecular formula is C20H25BrFNO2. The van der Waals surface area contributed by atoms with E-state index in [0.717, 1.165) is 28.7 Å². The zero-order valence-corrected chi connectivity index (χ0v) is 16.5. The van der Waals surface area contributed by atoms with Crippen molar-refractivity contribution in [3.63, 3.8) is 0 Å². The Balaban J connectivity index is 2.10. The number of hydrogen-bond acceptors (Lipinski definition) is 3. The Kier molecular flexibility index (Phi) is 7.72. The molecule has 0 bridgehead atoms. The average molecular weight is 410 g/mol. The number of rotatable bonds is 9. The summed E-state index contributed by atoms with van der Waals surface area (Å²) in [7, 11) is 0. The first kappa shape index (κ1) is 19.7. The SMILES string of the molecule is CCOc1cc(CNCC(C)C)c(Br)cc1OCc1ccc(F)cc1. The number of ether oxygens (including phenoxy) is 2. The Hall–Kier alpha value is -1.59. The van der Waals surface area contributed by atoms with Gasteiger partial charge in [0.25, 0.3) is 0 Å². The predicted molar refractivity (Wildman–Crippen MR) is 103 cm³/mol. The highest BCUT2D eigenvalue weighted by molar-refractivity contribution is 9.10. The van der Waals surface area contributed by atoms with E-state index in [-0.39, 0.29) is 5.82 Å². The fourth-order valence-electron chi connectivity index (χ4n) is 2.33. The molecule has 0 aromatic heterocycles. The summed E-state index contributed by atoms with van der Waals surface area (Å²) in [6, 6.07) is 10.2. The van der Waals surface area contributed by atoms with Crippen molar-refractivity contribution in [2.24, 2.45) is 5.92 Å². The smallest absolute Gasteiger partial charge is 0.162 e. The third-order valence-electron chi connectivity index (χ3n) is 3.59. The van der Waals surface area contributed by atoms with Gasteiger partial charge in [0.05, 0.1) is 6.61 Å². The lowest BCUT2D eigenvalue weighted by Gasteiger charge is -2.16. The molecule has 2 rings (SSSR count). The minimum Gasteiger partial charge on any atom is -0.490 e. The summed E-state index contributed by atoms with van der Waals surface area (Å²) in [5, 5.41) is 3.43. The second-order valence-electron chi connectivity index (χ2n) is 6.26. The molecule has 25 heavy (non-hydrogen) atoms. The Bertz CT molecular complexity index is 674. The molecule has 0 fully saturated rings. The fourth-order valence-corrected chi connectivity index (χ4v) is 2.79. The topological polar surface area (TPSA) is 30.5 Å². The monoisotopic (exact) mass is 409 g/mol. The van der Waals surface area contributed by atoms with Crippen molar-refractivity contribution >= 4 is 15.9 Å². The zero-order valence-electron chi connectivity index (χ0n) is 14.9. The molecule has 0 aliphatic carbocycles. The van der Waals surface area contributed by atoms with Crippen LogP contribution < -0.4 is 14.8 Å². The quantitative estimate of drug-likeness (QED) is 0.608. The van der Waals surface area contributed by atoms with E-state index in [2.05, 4.69) is 35.1 Å². The highest BCUT2D eigenvalue weighted by Crippen LogP contribution is 2.34. The van der Waals surface area contributed by atoms with Crippen molar-refractivity contribution in [1.29, 1.82) is 0 Å². The highest BCUT2D eigenvalue weighted by atomic mass is 79.9. The van der Waals surface area contributed by atoms with E-state index >= 15 is 0 Å². The first-order chi connectivity index (χ1) is 12.0. The zero-order chi connectivity index (χ0) is 18.2. The van der Waals surface area contributed by atoms with Crippen LogP contribution in [0.15, 0.2) is 40.9 Å². The normalized spacial score (nSPS) is 11.0.